The maximum Gasteiger partial charge on any atom is 0.156 e. The lowest BCUT2D eigenvalue weighted by atomic mass is 10.5. The number of carbonyl (C=O) groups is 1. The van der Waals surface area contributed by atoms with Crippen LogP contribution < -0.4 is 0 Å². The Morgan fingerprint density at radius 1 is 1.23 bits per heavy atom. The number of hydrogen-bond acceptors (Lipinski definition) is 3. The van der Waals surface area contributed by atoms with E-state index in [0.717, 1.165) is 16.9 Å². The predicted octanol–water partition coefficient (Wildman–Crippen LogP) is 3.35. The third kappa shape index (κ3) is 8.44. The molecule has 76 valence electrons. The molecular weight excluding hydrogens is 200 g/mol. The fraction of sp³-hybridized carbons (Fsp3) is 0.700. The van der Waals surface area contributed by atoms with E-state index in [4.69, 9.17) is 0 Å². The van der Waals surface area contributed by atoms with E-state index in [1.807, 2.05) is 17.8 Å². The van der Waals surface area contributed by atoms with Crippen molar-refractivity contribution >= 4 is 29.8 Å². The van der Waals surface area contributed by atoms with Gasteiger partial charge in [-0.3, -0.25) is 4.79 Å². The van der Waals surface area contributed by atoms with Crippen molar-refractivity contribution < 1.29 is 4.79 Å². The molecule has 0 saturated heterocycles. The Balaban J connectivity index is 3.85. The molecule has 0 rings (SSSR count). The van der Waals surface area contributed by atoms with Crippen molar-refractivity contribution in [2.24, 2.45) is 0 Å². The minimum absolute atomic E-state index is 0.487. The highest BCUT2D eigenvalue weighted by atomic mass is 32.2. The summed E-state index contributed by atoms with van der Waals surface area (Å²) in [6.45, 7) is 8.51. The number of rotatable bonds is 6. The van der Waals surface area contributed by atoms with Crippen LogP contribution in [0, 0.1) is 0 Å². The van der Waals surface area contributed by atoms with Gasteiger partial charge in [-0.1, -0.05) is 33.8 Å². The molecule has 0 unspecified atom stereocenters. The standard InChI is InChI=1S/C10H18OS2/c1-8(2)12-6-5-10(7-11)13-9(3)4/h5,7-9H,6H2,1-4H3/b10-5-. The van der Waals surface area contributed by atoms with Crippen molar-refractivity contribution in [1.29, 1.82) is 0 Å². The third-order valence-electron chi connectivity index (χ3n) is 1.20. The first-order valence-electron chi connectivity index (χ1n) is 4.49. The highest BCUT2D eigenvalue weighted by molar-refractivity contribution is 8.04. The minimum atomic E-state index is 0.487. The number of carbonyl (C=O) groups excluding carboxylic acids is 1. The molecule has 0 radical (unpaired) electrons. The molecule has 0 amide bonds. The highest BCUT2D eigenvalue weighted by Crippen LogP contribution is 2.20. The molecule has 0 N–H and O–H groups in total. The zero-order valence-corrected chi connectivity index (χ0v) is 10.4. The maximum atomic E-state index is 10.6. The largest absolute Gasteiger partial charge is 0.297 e. The van der Waals surface area contributed by atoms with Gasteiger partial charge in [-0.25, -0.2) is 0 Å². The fourth-order valence-corrected chi connectivity index (χ4v) is 2.26. The average Bonchev–Trinajstić information content (AvgIpc) is 2.01. The van der Waals surface area contributed by atoms with Crippen LogP contribution in [0.4, 0.5) is 0 Å². The van der Waals surface area contributed by atoms with Gasteiger partial charge in [0.15, 0.2) is 6.29 Å². The second-order valence-electron chi connectivity index (χ2n) is 3.27. The van der Waals surface area contributed by atoms with Crippen molar-refractivity contribution in [3.63, 3.8) is 0 Å². The van der Waals surface area contributed by atoms with Crippen LogP contribution in [0.15, 0.2) is 11.0 Å². The van der Waals surface area contributed by atoms with Gasteiger partial charge in [-0.05, 0) is 5.25 Å². The molecule has 0 aliphatic heterocycles. The van der Waals surface area contributed by atoms with Crippen LogP contribution in [-0.4, -0.2) is 22.5 Å². The third-order valence-corrected chi connectivity index (χ3v) is 3.23. The molecule has 0 aliphatic carbocycles. The van der Waals surface area contributed by atoms with E-state index >= 15 is 0 Å². The molecular formula is C10H18OS2. The van der Waals surface area contributed by atoms with E-state index in [1.165, 1.54) is 0 Å². The lowest BCUT2D eigenvalue weighted by Crippen LogP contribution is -1.92. The van der Waals surface area contributed by atoms with Crippen LogP contribution in [0.1, 0.15) is 27.7 Å². The topological polar surface area (TPSA) is 17.1 Å². The van der Waals surface area contributed by atoms with Crippen molar-refractivity contribution in [1.82, 2.24) is 0 Å². The van der Waals surface area contributed by atoms with Crippen LogP contribution in [-0.2, 0) is 4.79 Å². The van der Waals surface area contributed by atoms with Gasteiger partial charge in [0.05, 0.1) is 0 Å². The van der Waals surface area contributed by atoms with E-state index in [2.05, 4.69) is 27.7 Å². The summed E-state index contributed by atoms with van der Waals surface area (Å²) in [5.74, 6) is 0.936. The van der Waals surface area contributed by atoms with Crippen molar-refractivity contribution in [2.45, 2.75) is 38.2 Å². The zero-order chi connectivity index (χ0) is 10.3. The molecule has 13 heavy (non-hydrogen) atoms. The van der Waals surface area contributed by atoms with Crippen molar-refractivity contribution in [3.05, 3.63) is 11.0 Å². The first-order chi connectivity index (χ1) is 6.06. The highest BCUT2D eigenvalue weighted by Gasteiger charge is 2.00. The summed E-state index contributed by atoms with van der Waals surface area (Å²) >= 11 is 3.48. The SMILES string of the molecule is CC(C)SC/C=C(/C=O)SC(C)C. The number of allylic oxidation sites excluding steroid dienone is 1. The van der Waals surface area contributed by atoms with Crippen LogP contribution in [0.25, 0.3) is 0 Å². The smallest absolute Gasteiger partial charge is 0.156 e. The van der Waals surface area contributed by atoms with Gasteiger partial charge in [0.25, 0.3) is 0 Å². The van der Waals surface area contributed by atoms with Crippen LogP contribution in [0.5, 0.6) is 0 Å². The second kappa shape index (κ2) is 7.51. The molecule has 0 atom stereocenters. The van der Waals surface area contributed by atoms with Gasteiger partial charge < -0.3 is 0 Å². The van der Waals surface area contributed by atoms with Crippen LogP contribution in [0.3, 0.4) is 0 Å². The van der Waals surface area contributed by atoms with Gasteiger partial charge in [0, 0.05) is 15.9 Å². The quantitative estimate of drug-likeness (QED) is 0.503. The zero-order valence-electron chi connectivity index (χ0n) is 8.74. The Bertz CT molecular complexity index is 174. The van der Waals surface area contributed by atoms with E-state index in [9.17, 15) is 4.79 Å². The number of hydrogen-bond donors (Lipinski definition) is 0. The summed E-state index contributed by atoms with van der Waals surface area (Å²) in [6.07, 6.45) is 2.97. The molecule has 0 fully saturated rings. The van der Waals surface area contributed by atoms with Gasteiger partial charge >= 0.3 is 0 Å². The Labute approximate surface area is 89.7 Å². The van der Waals surface area contributed by atoms with Crippen molar-refractivity contribution in [3.8, 4) is 0 Å². The molecule has 0 saturated carbocycles. The molecule has 0 aromatic carbocycles. The minimum Gasteiger partial charge on any atom is -0.297 e. The summed E-state index contributed by atoms with van der Waals surface area (Å²) in [5.41, 5.74) is 0. The second-order valence-corrected chi connectivity index (χ2v) is 6.53. The Hall–Kier alpha value is 0.110. The monoisotopic (exact) mass is 218 g/mol. The summed E-state index contributed by atoms with van der Waals surface area (Å²) in [7, 11) is 0. The van der Waals surface area contributed by atoms with Crippen LogP contribution in [0.2, 0.25) is 0 Å². The van der Waals surface area contributed by atoms with Gasteiger partial charge in [0.2, 0.25) is 0 Å². The number of aldehydes is 1. The van der Waals surface area contributed by atoms with Crippen LogP contribution >= 0.6 is 23.5 Å². The summed E-state index contributed by atoms with van der Waals surface area (Å²) in [5, 5.41) is 1.12. The lowest BCUT2D eigenvalue weighted by Gasteiger charge is -2.04. The van der Waals surface area contributed by atoms with E-state index in [0.29, 0.717) is 10.5 Å². The molecule has 3 heteroatoms. The molecule has 0 aliphatic rings. The lowest BCUT2D eigenvalue weighted by molar-refractivity contribution is -0.104. The average molecular weight is 218 g/mol. The number of thioether (sulfide) groups is 2. The summed E-state index contributed by atoms with van der Waals surface area (Å²) in [6, 6.07) is 0. The Kier molecular flexibility index (Phi) is 7.57. The van der Waals surface area contributed by atoms with E-state index < -0.39 is 0 Å². The van der Waals surface area contributed by atoms with Gasteiger partial charge in [-0.2, -0.15) is 11.8 Å². The normalized spacial score (nSPS) is 12.6. The first-order valence-corrected chi connectivity index (χ1v) is 6.42. The van der Waals surface area contributed by atoms with Gasteiger partial charge in [0.1, 0.15) is 0 Å². The van der Waals surface area contributed by atoms with Crippen molar-refractivity contribution in [2.75, 3.05) is 5.75 Å². The fourth-order valence-electron chi connectivity index (χ4n) is 0.719. The summed E-state index contributed by atoms with van der Waals surface area (Å²) < 4.78 is 0. The summed E-state index contributed by atoms with van der Waals surface area (Å²) in [4.78, 5) is 11.5. The predicted molar refractivity (Wildman–Crippen MR) is 64.5 cm³/mol. The van der Waals surface area contributed by atoms with E-state index in [-0.39, 0.29) is 0 Å². The van der Waals surface area contributed by atoms with E-state index in [1.54, 1.807) is 11.8 Å². The molecule has 0 aromatic rings. The maximum absolute atomic E-state index is 10.6. The Morgan fingerprint density at radius 3 is 2.23 bits per heavy atom. The molecule has 0 heterocycles. The molecule has 0 aromatic heterocycles. The van der Waals surface area contributed by atoms with Gasteiger partial charge in [-0.15, -0.1) is 11.8 Å². The molecule has 0 spiro atoms. The molecule has 0 bridgehead atoms. The molecule has 1 nitrogen and oxygen atoms in total. The first kappa shape index (κ1) is 13.1. The Morgan fingerprint density at radius 2 is 1.85 bits per heavy atom.